The summed E-state index contributed by atoms with van der Waals surface area (Å²) in [4.78, 5) is 16.2. The van der Waals surface area contributed by atoms with Gasteiger partial charge in [-0.1, -0.05) is 12.1 Å². The monoisotopic (exact) mass is 356 g/mol. The summed E-state index contributed by atoms with van der Waals surface area (Å²) >= 11 is 1.41. The van der Waals surface area contributed by atoms with Crippen LogP contribution in [0.5, 0.6) is 11.5 Å². The number of carbonyl (C=O) groups is 1. The number of thiazole rings is 1. The minimum atomic E-state index is -0.303. The van der Waals surface area contributed by atoms with E-state index in [1.54, 1.807) is 12.1 Å². The van der Waals surface area contributed by atoms with Gasteiger partial charge in [-0.15, -0.1) is 11.3 Å². The first-order valence-electron chi connectivity index (χ1n) is 7.83. The zero-order valence-electron chi connectivity index (χ0n) is 13.7. The van der Waals surface area contributed by atoms with E-state index in [0.29, 0.717) is 29.5 Å². The maximum Gasteiger partial charge on any atom is 0.226 e. The normalized spacial score (nSPS) is 10.5. The van der Waals surface area contributed by atoms with Gasteiger partial charge in [-0.3, -0.25) is 4.79 Å². The zero-order chi connectivity index (χ0) is 17.6. The molecule has 1 amide bonds. The Morgan fingerprint density at radius 2 is 2.00 bits per heavy atom. The van der Waals surface area contributed by atoms with E-state index in [9.17, 15) is 9.18 Å². The number of ether oxygens (including phenoxy) is 1. The van der Waals surface area contributed by atoms with Crippen LogP contribution in [0.3, 0.4) is 0 Å². The van der Waals surface area contributed by atoms with Crippen molar-refractivity contribution in [2.75, 3.05) is 5.32 Å². The van der Waals surface area contributed by atoms with Crippen LogP contribution in [0.15, 0.2) is 53.9 Å². The fourth-order valence-electron chi connectivity index (χ4n) is 2.25. The lowest BCUT2D eigenvalue weighted by Crippen LogP contribution is -2.12. The Bertz CT molecular complexity index is 862. The van der Waals surface area contributed by atoms with E-state index < -0.39 is 0 Å². The van der Waals surface area contributed by atoms with E-state index in [2.05, 4.69) is 10.3 Å². The molecule has 0 bridgehead atoms. The van der Waals surface area contributed by atoms with Crippen LogP contribution in [0.25, 0.3) is 0 Å². The molecule has 0 spiro atoms. The molecule has 128 valence electrons. The molecule has 0 atom stereocenters. The van der Waals surface area contributed by atoms with Crippen molar-refractivity contribution >= 4 is 22.4 Å². The second-order valence-electron chi connectivity index (χ2n) is 5.55. The Kier molecular flexibility index (Phi) is 5.40. The third kappa shape index (κ3) is 5.12. The van der Waals surface area contributed by atoms with Crippen LogP contribution in [0.4, 0.5) is 9.52 Å². The van der Waals surface area contributed by atoms with E-state index in [1.807, 2.05) is 36.6 Å². The van der Waals surface area contributed by atoms with Gasteiger partial charge in [0.15, 0.2) is 5.13 Å². The topological polar surface area (TPSA) is 51.2 Å². The molecule has 0 aliphatic heterocycles. The lowest BCUT2D eigenvalue weighted by Gasteiger charge is -2.08. The molecule has 4 nitrogen and oxygen atoms in total. The number of aryl methyl sites for hydroxylation is 2. The number of aromatic nitrogens is 1. The van der Waals surface area contributed by atoms with Gasteiger partial charge in [-0.25, -0.2) is 9.37 Å². The maximum atomic E-state index is 12.9. The van der Waals surface area contributed by atoms with Crippen LogP contribution < -0.4 is 10.1 Å². The number of nitrogens with zero attached hydrogens (tertiary/aromatic N) is 1. The Morgan fingerprint density at radius 3 is 2.72 bits per heavy atom. The van der Waals surface area contributed by atoms with Crippen LogP contribution >= 0.6 is 11.3 Å². The Balaban J connectivity index is 1.56. The number of anilines is 1. The molecule has 0 aliphatic rings. The van der Waals surface area contributed by atoms with E-state index in [4.69, 9.17) is 4.74 Å². The molecule has 2 aromatic carbocycles. The molecular formula is C19H17FN2O2S. The van der Waals surface area contributed by atoms with E-state index in [0.717, 1.165) is 11.3 Å². The fraction of sp³-hybridized carbons (Fsp3) is 0.158. The number of benzene rings is 2. The van der Waals surface area contributed by atoms with E-state index >= 15 is 0 Å². The van der Waals surface area contributed by atoms with E-state index in [1.165, 1.54) is 23.5 Å². The van der Waals surface area contributed by atoms with Gasteiger partial charge >= 0.3 is 0 Å². The highest BCUT2D eigenvalue weighted by Crippen LogP contribution is 2.23. The van der Waals surface area contributed by atoms with Crippen LogP contribution in [0, 0.1) is 12.7 Å². The van der Waals surface area contributed by atoms with Gasteiger partial charge in [0, 0.05) is 11.8 Å². The molecule has 0 fully saturated rings. The van der Waals surface area contributed by atoms with Gasteiger partial charge in [0.2, 0.25) is 5.91 Å². The summed E-state index contributed by atoms with van der Waals surface area (Å²) in [7, 11) is 0. The average Bonchev–Trinajstić information content (AvgIpc) is 3.00. The van der Waals surface area contributed by atoms with Crippen LogP contribution in [-0.2, 0) is 11.2 Å². The summed E-state index contributed by atoms with van der Waals surface area (Å²) in [6.45, 7) is 1.89. The summed E-state index contributed by atoms with van der Waals surface area (Å²) < 4.78 is 18.6. The molecular weight excluding hydrogens is 339 g/mol. The van der Waals surface area contributed by atoms with Crippen molar-refractivity contribution in [3.05, 3.63) is 71.0 Å². The zero-order valence-corrected chi connectivity index (χ0v) is 14.5. The number of hydrogen-bond donors (Lipinski definition) is 1. The van der Waals surface area contributed by atoms with Crippen LogP contribution in [-0.4, -0.2) is 10.9 Å². The number of hydrogen-bond acceptors (Lipinski definition) is 4. The first-order valence-corrected chi connectivity index (χ1v) is 8.71. The Hall–Kier alpha value is -2.73. The third-order valence-electron chi connectivity index (χ3n) is 3.45. The number of carbonyl (C=O) groups excluding carboxylic acids is 1. The highest BCUT2D eigenvalue weighted by molar-refractivity contribution is 7.13. The van der Waals surface area contributed by atoms with Crippen molar-refractivity contribution in [3.63, 3.8) is 0 Å². The largest absolute Gasteiger partial charge is 0.457 e. The summed E-state index contributed by atoms with van der Waals surface area (Å²) in [5.41, 5.74) is 1.89. The third-order valence-corrected chi connectivity index (χ3v) is 4.33. The Morgan fingerprint density at radius 1 is 1.20 bits per heavy atom. The molecule has 3 aromatic rings. The van der Waals surface area contributed by atoms with Crippen molar-refractivity contribution in [2.45, 2.75) is 19.8 Å². The van der Waals surface area contributed by atoms with Gasteiger partial charge in [0.1, 0.15) is 17.3 Å². The van der Waals surface area contributed by atoms with Gasteiger partial charge in [0.25, 0.3) is 0 Å². The molecule has 1 heterocycles. The highest BCUT2D eigenvalue weighted by atomic mass is 32.1. The Labute approximate surface area is 149 Å². The first-order chi connectivity index (χ1) is 12.1. The second-order valence-corrected chi connectivity index (χ2v) is 6.40. The molecule has 3 rings (SSSR count). The average molecular weight is 356 g/mol. The van der Waals surface area contributed by atoms with Crippen molar-refractivity contribution in [1.82, 2.24) is 4.98 Å². The molecule has 0 unspecified atom stereocenters. The van der Waals surface area contributed by atoms with Gasteiger partial charge < -0.3 is 10.1 Å². The summed E-state index contributed by atoms with van der Waals surface area (Å²) in [6.07, 6.45) is 0.954. The predicted molar refractivity (Wildman–Crippen MR) is 96.7 cm³/mol. The summed E-state index contributed by atoms with van der Waals surface area (Å²) in [5.74, 6) is 0.845. The SMILES string of the molecule is Cc1csc(NC(=O)CCc2cccc(Oc3ccc(F)cc3)c2)n1. The molecule has 0 aliphatic carbocycles. The van der Waals surface area contributed by atoms with Gasteiger partial charge in [0.05, 0.1) is 5.69 Å². The number of amides is 1. The number of rotatable bonds is 6. The van der Waals surface area contributed by atoms with Crippen molar-refractivity contribution in [2.24, 2.45) is 0 Å². The highest BCUT2D eigenvalue weighted by Gasteiger charge is 2.07. The number of nitrogens with one attached hydrogen (secondary N) is 1. The van der Waals surface area contributed by atoms with Crippen molar-refractivity contribution in [3.8, 4) is 11.5 Å². The first kappa shape index (κ1) is 17.1. The minimum absolute atomic E-state index is 0.0702. The van der Waals surface area contributed by atoms with Gasteiger partial charge in [-0.2, -0.15) is 0 Å². The van der Waals surface area contributed by atoms with E-state index in [-0.39, 0.29) is 11.7 Å². The predicted octanol–water partition coefficient (Wildman–Crippen LogP) is 4.95. The summed E-state index contributed by atoms with van der Waals surface area (Å²) in [5, 5.41) is 5.31. The molecule has 0 radical (unpaired) electrons. The molecule has 1 N–H and O–H groups in total. The molecule has 0 saturated heterocycles. The number of halogens is 1. The second kappa shape index (κ2) is 7.90. The van der Waals surface area contributed by atoms with Crippen molar-refractivity contribution < 1.29 is 13.9 Å². The van der Waals surface area contributed by atoms with Crippen molar-refractivity contribution in [1.29, 1.82) is 0 Å². The van der Waals surface area contributed by atoms with Crippen LogP contribution in [0.1, 0.15) is 17.7 Å². The fourth-order valence-corrected chi connectivity index (χ4v) is 2.96. The lowest BCUT2D eigenvalue weighted by atomic mass is 10.1. The van der Waals surface area contributed by atoms with Gasteiger partial charge in [-0.05, 0) is 55.3 Å². The van der Waals surface area contributed by atoms with Crippen LogP contribution in [0.2, 0.25) is 0 Å². The lowest BCUT2D eigenvalue weighted by molar-refractivity contribution is -0.116. The minimum Gasteiger partial charge on any atom is -0.457 e. The molecule has 25 heavy (non-hydrogen) atoms. The maximum absolute atomic E-state index is 12.9. The summed E-state index contributed by atoms with van der Waals surface area (Å²) in [6, 6.07) is 13.4. The standard InChI is InChI=1S/C19H17FN2O2S/c1-13-12-25-19(21-13)22-18(23)10-5-14-3-2-4-17(11-14)24-16-8-6-15(20)7-9-16/h2-4,6-9,11-12H,5,10H2,1H3,(H,21,22,23). The smallest absolute Gasteiger partial charge is 0.226 e. The molecule has 6 heteroatoms. The quantitative estimate of drug-likeness (QED) is 0.679. The molecule has 0 saturated carbocycles. The molecule has 1 aromatic heterocycles.